The van der Waals surface area contributed by atoms with Gasteiger partial charge in [0.15, 0.2) is 11.6 Å². The van der Waals surface area contributed by atoms with Crippen molar-refractivity contribution in [2.45, 2.75) is 6.54 Å². The minimum atomic E-state index is -0.927. The lowest BCUT2D eigenvalue weighted by Gasteiger charge is -2.09. The Morgan fingerprint density at radius 3 is 2.37 bits per heavy atom. The molecule has 0 amide bonds. The zero-order chi connectivity index (χ0) is 13.8. The molecule has 2 aromatic rings. The Bertz CT molecular complexity index is 590. The van der Waals surface area contributed by atoms with Gasteiger partial charge in [-0.1, -0.05) is 22.0 Å². The van der Waals surface area contributed by atoms with Gasteiger partial charge >= 0.3 is 0 Å². The smallest absolute Gasteiger partial charge is 0.162 e. The highest BCUT2D eigenvalue weighted by Gasteiger charge is 2.06. The van der Waals surface area contributed by atoms with Gasteiger partial charge in [-0.15, -0.1) is 0 Å². The van der Waals surface area contributed by atoms with E-state index >= 15 is 0 Å². The van der Waals surface area contributed by atoms with E-state index in [2.05, 4.69) is 21.2 Å². The first kappa shape index (κ1) is 14.0. The van der Waals surface area contributed by atoms with E-state index in [9.17, 15) is 8.78 Å². The topological polar surface area (TPSA) is 21.3 Å². The van der Waals surface area contributed by atoms with Crippen LogP contribution in [0.25, 0.3) is 0 Å². The van der Waals surface area contributed by atoms with Gasteiger partial charge in [-0.05, 0) is 36.9 Å². The molecule has 100 valence electrons. The third-order valence-electron chi connectivity index (χ3n) is 2.52. The summed E-state index contributed by atoms with van der Waals surface area (Å²) in [5, 5.41) is 3.05. The van der Waals surface area contributed by atoms with Crippen LogP contribution in [-0.2, 0) is 6.54 Å². The van der Waals surface area contributed by atoms with E-state index in [0.29, 0.717) is 5.75 Å². The Labute approximate surface area is 118 Å². The van der Waals surface area contributed by atoms with E-state index < -0.39 is 11.6 Å². The van der Waals surface area contributed by atoms with Crippen LogP contribution in [0.3, 0.4) is 0 Å². The summed E-state index contributed by atoms with van der Waals surface area (Å²) >= 11 is 3.43. The van der Waals surface area contributed by atoms with E-state index in [1.165, 1.54) is 6.07 Å². The molecule has 0 aliphatic heterocycles. The summed E-state index contributed by atoms with van der Waals surface area (Å²) in [7, 11) is 1.86. The monoisotopic (exact) mass is 327 g/mol. The van der Waals surface area contributed by atoms with Crippen molar-refractivity contribution in [3.8, 4) is 11.5 Å². The van der Waals surface area contributed by atoms with Gasteiger partial charge in [-0.3, -0.25) is 0 Å². The highest BCUT2D eigenvalue weighted by atomic mass is 79.9. The van der Waals surface area contributed by atoms with Gasteiger partial charge in [-0.2, -0.15) is 0 Å². The van der Waals surface area contributed by atoms with Crippen molar-refractivity contribution >= 4 is 15.9 Å². The van der Waals surface area contributed by atoms with Crippen molar-refractivity contribution < 1.29 is 13.5 Å². The molecule has 0 saturated carbocycles. The van der Waals surface area contributed by atoms with Crippen LogP contribution in [0.5, 0.6) is 11.5 Å². The van der Waals surface area contributed by atoms with Crippen molar-refractivity contribution in [3.63, 3.8) is 0 Å². The minimum Gasteiger partial charge on any atom is -0.457 e. The zero-order valence-electron chi connectivity index (χ0n) is 10.2. The van der Waals surface area contributed by atoms with Gasteiger partial charge < -0.3 is 10.1 Å². The van der Waals surface area contributed by atoms with Crippen LogP contribution >= 0.6 is 15.9 Å². The van der Waals surface area contributed by atoms with Crippen LogP contribution in [0.15, 0.2) is 40.9 Å². The number of benzene rings is 2. The van der Waals surface area contributed by atoms with Gasteiger partial charge in [0.1, 0.15) is 11.5 Å². The maximum absolute atomic E-state index is 13.1. The molecule has 1 N–H and O–H groups in total. The van der Waals surface area contributed by atoms with Crippen molar-refractivity contribution in [3.05, 3.63) is 58.1 Å². The SMILES string of the molecule is CNCc1ccc(Oc2ccc(F)c(F)c2)cc1Br. The number of nitrogens with one attached hydrogen (secondary N) is 1. The Morgan fingerprint density at radius 2 is 1.74 bits per heavy atom. The van der Waals surface area contributed by atoms with E-state index in [0.717, 1.165) is 28.7 Å². The molecular weight excluding hydrogens is 316 g/mol. The van der Waals surface area contributed by atoms with Crippen LogP contribution in [0, 0.1) is 11.6 Å². The Hall–Kier alpha value is -1.46. The molecule has 2 nitrogen and oxygen atoms in total. The number of rotatable bonds is 4. The lowest BCUT2D eigenvalue weighted by molar-refractivity contribution is 0.461. The van der Waals surface area contributed by atoms with Crippen LogP contribution in [0.1, 0.15) is 5.56 Å². The third kappa shape index (κ3) is 3.52. The predicted molar refractivity (Wildman–Crippen MR) is 73.3 cm³/mol. The molecule has 0 aromatic heterocycles. The molecule has 2 aromatic carbocycles. The minimum absolute atomic E-state index is 0.257. The molecule has 0 saturated heterocycles. The second-order valence-corrected chi connectivity index (χ2v) is 4.82. The van der Waals surface area contributed by atoms with Crippen LogP contribution in [0.2, 0.25) is 0 Å². The maximum Gasteiger partial charge on any atom is 0.162 e. The summed E-state index contributed by atoms with van der Waals surface area (Å²) in [5.74, 6) is -1.01. The number of hydrogen-bond donors (Lipinski definition) is 1. The summed E-state index contributed by atoms with van der Waals surface area (Å²) in [4.78, 5) is 0. The number of hydrogen-bond acceptors (Lipinski definition) is 2. The summed E-state index contributed by atoms with van der Waals surface area (Å²) in [6.07, 6.45) is 0. The van der Waals surface area contributed by atoms with E-state index in [4.69, 9.17) is 4.74 Å². The Morgan fingerprint density at radius 1 is 1.05 bits per heavy atom. The van der Waals surface area contributed by atoms with Gasteiger partial charge in [0, 0.05) is 17.1 Å². The molecule has 0 radical (unpaired) electrons. The lowest BCUT2D eigenvalue weighted by atomic mass is 10.2. The molecule has 0 unspecified atom stereocenters. The molecular formula is C14H12BrF2NO. The third-order valence-corrected chi connectivity index (χ3v) is 3.26. The first-order valence-corrected chi connectivity index (χ1v) is 6.45. The molecule has 0 aliphatic rings. The van der Waals surface area contributed by atoms with Crippen LogP contribution in [-0.4, -0.2) is 7.05 Å². The summed E-state index contributed by atoms with van der Waals surface area (Å²) in [6.45, 7) is 0.728. The fourth-order valence-corrected chi connectivity index (χ4v) is 2.10. The first-order chi connectivity index (χ1) is 9.10. The Balaban J connectivity index is 2.19. The largest absolute Gasteiger partial charge is 0.457 e. The molecule has 0 aliphatic carbocycles. The second-order valence-electron chi connectivity index (χ2n) is 3.96. The predicted octanol–water partition coefficient (Wildman–Crippen LogP) is 4.24. The molecule has 0 atom stereocenters. The van der Waals surface area contributed by atoms with Crippen molar-refractivity contribution in [2.75, 3.05) is 7.05 Å². The van der Waals surface area contributed by atoms with Gasteiger partial charge in [0.05, 0.1) is 0 Å². The van der Waals surface area contributed by atoms with Crippen molar-refractivity contribution in [1.82, 2.24) is 5.32 Å². The summed E-state index contributed by atoms with van der Waals surface area (Å²) in [5.41, 5.74) is 1.08. The number of ether oxygens (including phenoxy) is 1. The maximum atomic E-state index is 13.1. The average molecular weight is 328 g/mol. The van der Waals surface area contributed by atoms with E-state index in [1.54, 1.807) is 12.1 Å². The normalized spacial score (nSPS) is 10.5. The zero-order valence-corrected chi connectivity index (χ0v) is 11.8. The molecule has 0 bridgehead atoms. The molecule has 2 rings (SSSR count). The highest BCUT2D eigenvalue weighted by molar-refractivity contribution is 9.10. The van der Waals surface area contributed by atoms with Crippen LogP contribution < -0.4 is 10.1 Å². The molecule has 0 fully saturated rings. The van der Waals surface area contributed by atoms with Crippen molar-refractivity contribution in [1.29, 1.82) is 0 Å². The summed E-state index contributed by atoms with van der Waals surface area (Å²) < 4.78 is 32.2. The van der Waals surface area contributed by atoms with E-state index in [-0.39, 0.29) is 5.75 Å². The summed E-state index contributed by atoms with van der Waals surface area (Å²) in [6, 6.07) is 8.90. The van der Waals surface area contributed by atoms with E-state index in [1.807, 2.05) is 13.1 Å². The fraction of sp³-hybridized carbons (Fsp3) is 0.143. The second kappa shape index (κ2) is 6.12. The molecule has 19 heavy (non-hydrogen) atoms. The van der Waals surface area contributed by atoms with Gasteiger partial charge in [0.25, 0.3) is 0 Å². The average Bonchev–Trinajstić information content (AvgIpc) is 2.37. The van der Waals surface area contributed by atoms with Crippen LogP contribution in [0.4, 0.5) is 8.78 Å². The Kier molecular flexibility index (Phi) is 4.50. The molecule has 5 heteroatoms. The standard InChI is InChI=1S/C14H12BrF2NO/c1-18-8-9-2-3-10(6-12(9)15)19-11-4-5-13(16)14(17)7-11/h2-7,18H,8H2,1H3. The van der Waals surface area contributed by atoms with Crippen molar-refractivity contribution in [2.24, 2.45) is 0 Å². The lowest BCUT2D eigenvalue weighted by Crippen LogP contribution is -2.05. The highest BCUT2D eigenvalue weighted by Crippen LogP contribution is 2.27. The fourth-order valence-electron chi connectivity index (χ4n) is 1.60. The molecule has 0 heterocycles. The van der Waals surface area contributed by atoms with Gasteiger partial charge in [-0.25, -0.2) is 8.78 Å². The first-order valence-electron chi connectivity index (χ1n) is 5.66. The molecule has 0 spiro atoms. The van der Waals surface area contributed by atoms with Gasteiger partial charge in [0.2, 0.25) is 0 Å². The number of halogens is 3. The quantitative estimate of drug-likeness (QED) is 0.906.